The predicted molar refractivity (Wildman–Crippen MR) is 81.7 cm³/mol. The molecule has 0 saturated carbocycles. The van der Waals surface area contributed by atoms with Crippen molar-refractivity contribution in [2.75, 3.05) is 13.7 Å². The van der Waals surface area contributed by atoms with Crippen LogP contribution in [0.15, 0.2) is 24.3 Å². The summed E-state index contributed by atoms with van der Waals surface area (Å²) in [5.74, 6) is 0.525. The summed E-state index contributed by atoms with van der Waals surface area (Å²) in [4.78, 5) is 16.7. The summed E-state index contributed by atoms with van der Waals surface area (Å²) in [6.07, 6.45) is 0.680. The third-order valence-electron chi connectivity index (χ3n) is 3.51. The number of ether oxygens (including phenoxy) is 1. The van der Waals surface area contributed by atoms with Crippen molar-refractivity contribution >= 4 is 16.8 Å². The van der Waals surface area contributed by atoms with E-state index in [-0.39, 0.29) is 18.6 Å². The van der Waals surface area contributed by atoms with Crippen LogP contribution < -0.4 is 10.1 Å². The van der Waals surface area contributed by atoms with Crippen molar-refractivity contribution in [3.8, 4) is 5.75 Å². The number of nitrogens with one attached hydrogen (secondary N) is 1. The number of methoxy groups -OCH3 is 1. The Bertz CT molecular complexity index is 651. The van der Waals surface area contributed by atoms with Gasteiger partial charge in [-0.25, -0.2) is 0 Å². The number of hydrogen-bond donors (Lipinski definition) is 2. The minimum atomic E-state index is -0.233. The Balaban J connectivity index is 2.36. The molecule has 0 aliphatic heterocycles. The maximum atomic E-state index is 12.3. The maximum Gasteiger partial charge on any atom is 0.253 e. The van der Waals surface area contributed by atoms with Gasteiger partial charge in [-0.1, -0.05) is 6.92 Å². The Morgan fingerprint density at radius 1 is 1.43 bits per heavy atom. The highest BCUT2D eigenvalue weighted by molar-refractivity contribution is 5.98. The number of benzene rings is 1. The SMILES string of the molecule is CCC(CO)NC(=O)c1cc2ccc(OC)cc2nc1C. The number of aliphatic hydroxyl groups excluding tert-OH is 1. The molecule has 0 aliphatic carbocycles. The van der Waals surface area contributed by atoms with Crippen LogP contribution >= 0.6 is 0 Å². The van der Waals surface area contributed by atoms with E-state index in [4.69, 9.17) is 4.74 Å². The van der Waals surface area contributed by atoms with Gasteiger partial charge in [0.15, 0.2) is 0 Å². The Morgan fingerprint density at radius 3 is 2.81 bits per heavy atom. The van der Waals surface area contributed by atoms with E-state index < -0.39 is 0 Å². The molecule has 5 nitrogen and oxygen atoms in total. The van der Waals surface area contributed by atoms with Crippen LogP contribution in [0.2, 0.25) is 0 Å². The third kappa shape index (κ3) is 3.31. The highest BCUT2D eigenvalue weighted by atomic mass is 16.5. The van der Waals surface area contributed by atoms with E-state index in [1.165, 1.54) is 0 Å². The summed E-state index contributed by atoms with van der Waals surface area (Å²) in [5, 5.41) is 12.9. The van der Waals surface area contributed by atoms with Crippen molar-refractivity contribution in [1.29, 1.82) is 0 Å². The van der Waals surface area contributed by atoms with Crippen LogP contribution in [0, 0.1) is 6.92 Å². The van der Waals surface area contributed by atoms with Crippen LogP contribution in [0.1, 0.15) is 29.4 Å². The molecule has 1 heterocycles. The summed E-state index contributed by atoms with van der Waals surface area (Å²) in [5.41, 5.74) is 1.97. The first-order valence-electron chi connectivity index (χ1n) is 6.96. The van der Waals surface area contributed by atoms with Gasteiger partial charge in [0.1, 0.15) is 5.75 Å². The number of pyridine rings is 1. The van der Waals surface area contributed by atoms with Crippen LogP contribution in [-0.4, -0.2) is 35.8 Å². The van der Waals surface area contributed by atoms with Crippen LogP contribution in [0.5, 0.6) is 5.75 Å². The van der Waals surface area contributed by atoms with Gasteiger partial charge < -0.3 is 15.2 Å². The molecule has 112 valence electrons. The van der Waals surface area contributed by atoms with Crippen LogP contribution in [-0.2, 0) is 0 Å². The van der Waals surface area contributed by atoms with Crippen molar-refractivity contribution in [1.82, 2.24) is 10.3 Å². The topological polar surface area (TPSA) is 71.5 Å². The molecule has 0 aliphatic rings. The fraction of sp³-hybridized carbons (Fsp3) is 0.375. The Labute approximate surface area is 124 Å². The number of hydrogen-bond acceptors (Lipinski definition) is 4. The van der Waals surface area contributed by atoms with E-state index in [0.29, 0.717) is 17.7 Å². The average Bonchev–Trinajstić information content (AvgIpc) is 2.50. The van der Waals surface area contributed by atoms with E-state index in [9.17, 15) is 9.90 Å². The Kier molecular flexibility index (Phi) is 4.75. The number of aryl methyl sites for hydroxylation is 1. The number of nitrogens with zero attached hydrogens (tertiary/aromatic N) is 1. The smallest absolute Gasteiger partial charge is 0.253 e. The molecular formula is C16H20N2O3. The quantitative estimate of drug-likeness (QED) is 0.883. The van der Waals surface area contributed by atoms with Crippen LogP contribution in [0.3, 0.4) is 0 Å². The number of aliphatic hydroxyl groups is 1. The van der Waals surface area contributed by atoms with Crippen molar-refractivity contribution in [3.63, 3.8) is 0 Å². The Hall–Kier alpha value is -2.14. The highest BCUT2D eigenvalue weighted by Crippen LogP contribution is 2.21. The summed E-state index contributed by atoms with van der Waals surface area (Å²) >= 11 is 0. The summed E-state index contributed by atoms with van der Waals surface area (Å²) < 4.78 is 5.17. The molecule has 0 radical (unpaired) electrons. The first-order valence-corrected chi connectivity index (χ1v) is 6.96. The number of carbonyl (C=O) groups excluding carboxylic acids is 1. The summed E-state index contributed by atoms with van der Waals surface area (Å²) in [6.45, 7) is 3.65. The minimum Gasteiger partial charge on any atom is -0.497 e. The first-order chi connectivity index (χ1) is 10.1. The molecule has 0 spiro atoms. The molecule has 1 unspecified atom stereocenters. The van der Waals surface area contributed by atoms with E-state index in [0.717, 1.165) is 16.7 Å². The molecule has 21 heavy (non-hydrogen) atoms. The van der Waals surface area contributed by atoms with Crippen molar-refractivity contribution in [2.45, 2.75) is 26.3 Å². The van der Waals surface area contributed by atoms with Gasteiger partial charge in [-0.3, -0.25) is 9.78 Å². The third-order valence-corrected chi connectivity index (χ3v) is 3.51. The second-order valence-corrected chi connectivity index (χ2v) is 4.94. The molecule has 0 saturated heterocycles. The molecule has 0 bridgehead atoms. The molecule has 2 aromatic rings. The molecular weight excluding hydrogens is 268 g/mol. The number of rotatable bonds is 5. The summed E-state index contributed by atoms with van der Waals surface area (Å²) in [6, 6.07) is 7.14. The fourth-order valence-corrected chi connectivity index (χ4v) is 2.14. The fourth-order valence-electron chi connectivity index (χ4n) is 2.14. The van der Waals surface area contributed by atoms with Gasteiger partial charge in [-0.05, 0) is 31.5 Å². The van der Waals surface area contributed by atoms with E-state index in [1.54, 1.807) is 14.0 Å². The largest absolute Gasteiger partial charge is 0.497 e. The zero-order valence-electron chi connectivity index (χ0n) is 12.5. The second kappa shape index (κ2) is 6.54. The Morgan fingerprint density at radius 2 is 2.19 bits per heavy atom. The van der Waals surface area contributed by atoms with E-state index >= 15 is 0 Å². The number of aromatic nitrogens is 1. The van der Waals surface area contributed by atoms with Gasteiger partial charge in [-0.15, -0.1) is 0 Å². The lowest BCUT2D eigenvalue weighted by atomic mass is 10.1. The zero-order chi connectivity index (χ0) is 15.4. The minimum absolute atomic E-state index is 0.0699. The number of amides is 1. The first kappa shape index (κ1) is 15.3. The molecule has 2 N–H and O–H groups in total. The van der Waals surface area contributed by atoms with Gasteiger partial charge in [0.25, 0.3) is 5.91 Å². The van der Waals surface area contributed by atoms with Crippen LogP contribution in [0.4, 0.5) is 0 Å². The maximum absolute atomic E-state index is 12.3. The second-order valence-electron chi connectivity index (χ2n) is 4.94. The monoisotopic (exact) mass is 288 g/mol. The lowest BCUT2D eigenvalue weighted by Crippen LogP contribution is -2.37. The zero-order valence-corrected chi connectivity index (χ0v) is 12.5. The normalized spacial score (nSPS) is 12.2. The summed E-state index contributed by atoms with van der Waals surface area (Å²) in [7, 11) is 1.61. The standard InChI is InChI=1S/C16H20N2O3/c1-4-12(9-19)18-16(20)14-7-11-5-6-13(21-3)8-15(11)17-10(14)2/h5-8,12,19H,4,9H2,1-3H3,(H,18,20). The number of fused-ring (bicyclic) bond motifs is 1. The van der Waals surface area contributed by atoms with Gasteiger partial charge in [0.05, 0.1) is 36.5 Å². The van der Waals surface area contributed by atoms with Crippen molar-refractivity contribution < 1.29 is 14.6 Å². The number of carbonyl (C=O) groups is 1. The lowest BCUT2D eigenvalue weighted by molar-refractivity contribution is 0.0914. The average molecular weight is 288 g/mol. The molecule has 1 amide bonds. The molecule has 1 aromatic heterocycles. The molecule has 1 atom stereocenters. The molecule has 0 fully saturated rings. The van der Waals surface area contributed by atoms with Gasteiger partial charge in [-0.2, -0.15) is 0 Å². The predicted octanol–water partition coefficient (Wildman–Crippen LogP) is 2.05. The van der Waals surface area contributed by atoms with Crippen LogP contribution in [0.25, 0.3) is 10.9 Å². The van der Waals surface area contributed by atoms with Gasteiger partial charge in [0.2, 0.25) is 0 Å². The van der Waals surface area contributed by atoms with Gasteiger partial charge in [0, 0.05) is 11.5 Å². The highest BCUT2D eigenvalue weighted by Gasteiger charge is 2.15. The molecule has 5 heteroatoms. The van der Waals surface area contributed by atoms with Gasteiger partial charge >= 0.3 is 0 Å². The lowest BCUT2D eigenvalue weighted by Gasteiger charge is -2.15. The molecule has 1 aromatic carbocycles. The van der Waals surface area contributed by atoms with E-state index in [1.807, 2.05) is 31.2 Å². The molecule has 2 rings (SSSR count). The van der Waals surface area contributed by atoms with E-state index in [2.05, 4.69) is 10.3 Å². The van der Waals surface area contributed by atoms with Crippen molar-refractivity contribution in [3.05, 3.63) is 35.5 Å². The van der Waals surface area contributed by atoms with Crippen molar-refractivity contribution in [2.24, 2.45) is 0 Å².